The molecule has 0 aromatic heterocycles. The van der Waals surface area contributed by atoms with Gasteiger partial charge in [0.25, 0.3) is 0 Å². The predicted molar refractivity (Wildman–Crippen MR) is 78.8 cm³/mol. The van der Waals surface area contributed by atoms with Gasteiger partial charge in [0.1, 0.15) is 0 Å². The number of sulfonamides is 1. The summed E-state index contributed by atoms with van der Waals surface area (Å²) in [4.78, 5) is 10.9. The number of carboxylic acid groups (broad SMARTS) is 1. The Bertz CT molecular complexity index is 568. The average Bonchev–Trinajstić information content (AvgIpc) is 2.46. The zero-order valence-corrected chi connectivity index (χ0v) is 13.2. The van der Waals surface area contributed by atoms with Gasteiger partial charge in [-0.25, -0.2) is 17.9 Å². The molecule has 0 saturated heterocycles. The van der Waals surface area contributed by atoms with Crippen LogP contribution in [0.3, 0.4) is 0 Å². The zero-order valence-electron chi connectivity index (χ0n) is 12.4. The number of carbonyl (C=O) groups is 1. The summed E-state index contributed by atoms with van der Waals surface area (Å²) in [6, 6.07) is 6.58. The third-order valence-electron chi connectivity index (χ3n) is 3.39. The molecule has 2 N–H and O–H groups in total. The van der Waals surface area contributed by atoms with E-state index >= 15 is 0 Å². The highest BCUT2D eigenvalue weighted by Gasteiger charge is 2.21. The van der Waals surface area contributed by atoms with Gasteiger partial charge in [-0.2, -0.15) is 0 Å². The number of nitrogens with one attached hydrogen (secondary N) is 1. The maximum atomic E-state index is 12.1. The summed E-state index contributed by atoms with van der Waals surface area (Å²) < 4.78 is 31.1. The molecular formula is C14H21NO5S. The van der Waals surface area contributed by atoms with Crippen molar-refractivity contribution in [1.29, 1.82) is 0 Å². The largest absolute Gasteiger partial charge is 0.479 e. The van der Waals surface area contributed by atoms with Crippen LogP contribution in [-0.4, -0.2) is 39.3 Å². The van der Waals surface area contributed by atoms with Crippen molar-refractivity contribution in [2.24, 2.45) is 0 Å². The smallest absolute Gasteiger partial charge is 0.334 e. The molecule has 0 fully saturated rings. The highest BCUT2D eigenvalue weighted by atomic mass is 32.2. The lowest BCUT2D eigenvalue weighted by molar-refractivity contribution is -0.147. The van der Waals surface area contributed by atoms with E-state index in [2.05, 4.69) is 23.3 Å². The highest BCUT2D eigenvalue weighted by Crippen LogP contribution is 2.20. The molecule has 0 saturated carbocycles. The second kappa shape index (κ2) is 7.53. The number of aliphatic carboxylic acids is 1. The normalized spacial score (nSPS) is 14.6. The van der Waals surface area contributed by atoms with E-state index in [1.807, 2.05) is 0 Å². The Kier molecular flexibility index (Phi) is 6.32. The molecule has 1 aromatic carbocycles. The molecule has 118 valence electrons. The summed E-state index contributed by atoms with van der Waals surface area (Å²) in [6.07, 6.45) is -0.238. The van der Waals surface area contributed by atoms with E-state index in [1.54, 1.807) is 12.1 Å². The summed E-state index contributed by atoms with van der Waals surface area (Å²) in [5.74, 6) is -0.855. The predicted octanol–water partition coefficient (Wildman–Crippen LogP) is 1.58. The molecule has 1 aromatic rings. The number of methoxy groups -OCH3 is 1. The molecule has 1 rings (SSSR count). The quantitative estimate of drug-likeness (QED) is 0.760. The first kappa shape index (κ1) is 17.6. The number of carboxylic acids is 1. The van der Waals surface area contributed by atoms with Gasteiger partial charge in [0, 0.05) is 13.7 Å². The van der Waals surface area contributed by atoms with Crippen LogP contribution in [0, 0.1) is 0 Å². The standard InChI is InChI=1S/C14H21NO5S/c1-4-10(2)11-5-7-12(8-6-11)21(18,19)15-9-13(20-3)14(16)17/h5-8,10,13,15H,4,9H2,1-3H3,(H,16,17). The van der Waals surface area contributed by atoms with Crippen LogP contribution >= 0.6 is 0 Å². The maximum Gasteiger partial charge on any atom is 0.334 e. The fraction of sp³-hybridized carbons (Fsp3) is 0.500. The van der Waals surface area contributed by atoms with Gasteiger partial charge in [0.05, 0.1) is 4.90 Å². The summed E-state index contributed by atoms with van der Waals surface area (Å²) in [5, 5.41) is 8.81. The maximum absolute atomic E-state index is 12.1. The average molecular weight is 315 g/mol. The third kappa shape index (κ3) is 4.80. The summed E-state index contributed by atoms with van der Waals surface area (Å²) in [7, 11) is -2.53. The molecule has 6 nitrogen and oxygen atoms in total. The molecule has 0 aliphatic carbocycles. The van der Waals surface area contributed by atoms with Crippen molar-refractivity contribution in [2.75, 3.05) is 13.7 Å². The number of ether oxygens (including phenoxy) is 1. The Hall–Kier alpha value is -1.44. The van der Waals surface area contributed by atoms with Crippen molar-refractivity contribution < 1.29 is 23.1 Å². The van der Waals surface area contributed by atoms with Gasteiger partial charge < -0.3 is 9.84 Å². The van der Waals surface area contributed by atoms with Gasteiger partial charge in [0.2, 0.25) is 10.0 Å². The van der Waals surface area contributed by atoms with Crippen LogP contribution in [-0.2, 0) is 19.6 Å². The zero-order chi connectivity index (χ0) is 16.0. The van der Waals surface area contributed by atoms with Crippen LogP contribution < -0.4 is 4.72 Å². The van der Waals surface area contributed by atoms with Crippen molar-refractivity contribution in [3.8, 4) is 0 Å². The van der Waals surface area contributed by atoms with Crippen molar-refractivity contribution in [1.82, 2.24) is 4.72 Å². The molecule has 0 spiro atoms. The minimum absolute atomic E-state index is 0.106. The Labute approximate surface area is 125 Å². The van der Waals surface area contributed by atoms with Crippen LogP contribution in [0.1, 0.15) is 31.7 Å². The molecule has 0 aliphatic rings. The molecule has 0 heterocycles. The molecule has 0 amide bonds. The second-order valence-electron chi connectivity index (χ2n) is 4.79. The Balaban J connectivity index is 2.81. The van der Waals surface area contributed by atoms with Crippen LogP contribution in [0.25, 0.3) is 0 Å². The Morgan fingerprint density at radius 2 is 1.90 bits per heavy atom. The second-order valence-corrected chi connectivity index (χ2v) is 6.56. The van der Waals surface area contributed by atoms with Gasteiger partial charge in [-0.3, -0.25) is 0 Å². The number of hydrogen-bond acceptors (Lipinski definition) is 4. The summed E-state index contributed by atoms with van der Waals surface area (Å²) in [6.45, 7) is 3.81. The van der Waals surface area contributed by atoms with E-state index in [0.717, 1.165) is 12.0 Å². The van der Waals surface area contributed by atoms with Crippen LogP contribution in [0.15, 0.2) is 29.2 Å². The summed E-state index contributed by atoms with van der Waals surface area (Å²) in [5.41, 5.74) is 1.07. The molecular weight excluding hydrogens is 294 g/mol. The highest BCUT2D eigenvalue weighted by molar-refractivity contribution is 7.89. The van der Waals surface area contributed by atoms with E-state index < -0.39 is 22.1 Å². The van der Waals surface area contributed by atoms with E-state index in [-0.39, 0.29) is 11.4 Å². The third-order valence-corrected chi connectivity index (χ3v) is 4.83. The van der Waals surface area contributed by atoms with Gasteiger partial charge >= 0.3 is 5.97 Å². The van der Waals surface area contributed by atoms with Gasteiger partial charge in [-0.15, -0.1) is 0 Å². The number of hydrogen-bond donors (Lipinski definition) is 2. The lowest BCUT2D eigenvalue weighted by Gasteiger charge is -2.13. The van der Waals surface area contributed by atoms with E-state index in [4.69, 9.17) is 5.11 Å². The topological polar surface area (TPSA) is 92.7 Å². The lowest BCUT2D eigenvalue weighted by atomic mass is 9.99. The minimum atomic E-state index is -3.74. The Morgan fingerprint density at radius 1 is 1.33 bits per heavy atom. The molecule has 0 radical (unpaired) electrons. The number of rotatable bonds is 8. The first-order valence-corrected chi connectivity index (χ1v) is 8.15. The van der Waals surface area contributed by atoms with Crippen LogP contribution in [0.4, 0.5) is 0 Å². The monoisotopic (exact) mass is 315 g/mol. The first-order valence-electron chi connectivity index (χ1n) is 6.67. The van der Waals surface area contributed by atoms with E-state index in [1.165, 1.54) is 19.2 Å². The summed E-state index contributed by atoms with van der Waals surface area (Å²) >= 11 is 0. The molecule has 0 bridgehead atoms. The van der Waals surface area contributed by atoms with Crippen LogP contribution in [0.2, 0.25) is 0 Å². The van der Waals surface area contributed by atoms with Crippen molar-refractivity contribution in [3.05, 3.63) is 29.8 Å². The van der Waals surface area contributed by atoms with Crippen molar-refractivity contribution in [3.63, 3.8) is 0 Å². The number of benzene rings is 1. The molecule has 7 heteroatoms. The minimum Gasteiger partial charge on any atom is -0.479 e. The van der Waals surface area contributed by atoms with Gasteiger partial charge in [-0.05, 0) is 30.0 Å². The van der Waals surface area contributed by atoms with E-state index in [9.17, 15) is 13.2 Å². The Morgan fingerprint density at radius 3 is 2.33 bits per heavy atom. The fourth-order valence-corrected chi connectivity index (χ4v) is 2.78. The molecule has 21 heavy (non-hydrogen) atoms. The van der Waals surface area contributed by atoms with Gasteiger partial charge in [-0.1, -0.05) is 26.0 Å². The van der Waals surface area contributed by atoms with Gasteiger partial charge in [0.15, 0.2) is 6.10 Å². The first-order chi connectivity index (χ1) is 9.81. The van der Waals surface area contributed by atoms with Crippen LogP contribution in [0.5, 0.6) is 0 Å². The van der Waals surface area contributed by atoms with Crippen molar-refractivity contribution in [2.45, 2.75) is 37.2 Å². The molecule has 2 atom stereocenters. The molecule has 2 unspecified atom stereocenters. The van der Waals surface area contributed by atoms with Crippen molar-refractivity contribution >= 4 is 16.0 Å². The fourth-order valence-electron chi connectivity index (χ4n) is 1.75. The van der Waals surface area contributed by atoms with E-state index in [0.29, 0.717) is 5.92 Å². The SMILES string of the molecule is CCC(C)c1ccc(S(=O)(=O)NCC(OC)C(=O)O)cc1. The lowest BCUT2D eigenvalue weighted by Crippen LogP contribution is -2.37. The molecule has 0 aliphatic heterocycles.